The molecule has 0 aliphatic carbocycles. The lowest BCUT2D eigenvalue weighted by atomic mass is 10.1. The van der Waals surface area contributed by atoms with Crippen molar-refractivity contribution < 1.29 is 41.7 Å². The highest BCUT2D eigenvalue weighted by molar-refractivity contribution is 5.92. The van der Waals surface area contributed by atoms with Crippen LogP contribution in [0.5, 0.6) is 17.2 Å². The predicted octanol–water partition coefficient (Wildman–Crippen LogP) is 7.83. The fraction of sp³-hybridized carbons (Fsp3) is 0.226. The Morgan fingerprint density at radius 2 is 1.63 bits per heavy atom. The minimum atomic E-state index is -4.61. The van der Waals surface area contributed by atoms with Gasteiger partial charge in [-0.3, -0.25) is 0 Å². The van der Waals surface area contributed by atoms with Crippen molar-refractivity contribution in [2.24, 2.45) is 0 Å². The van der Waals surface area contributed by atoms with E-state index in [9.17, 15) is 27.5 Å². The van der Waals surface area contributed by atoms with E-state index < -0.39 is 17.8 Å². The summed E-state index contributed by atoms with van der Waals surface area (Å²) in [5, 5.41) is 10.1. The molecule has 1 N–H and O–H groups in total. The number of halogens is 4. The molecule has 0 spiro atoms. The molecule has 0 unspecified atom stereocenters. The highest BCUT2D eigenvalue weighted by atomic mass is 19.4. The number of rotatable bonds is 11. The van der Waals surface area contributed by atoms with Crippen LogP contribution in [0.3, 0.4) is 0 Å². The average molecular weight is 570 g/mol. The van der Waals surface area contributed by atoms with Crippen LogP contribution in [0.4, 0.5) is 17.6 Å². The second kappa shape index (κ2) is 12.7. The molecule has 0 fully saturated rings. The van der Waals surface area contributed by atoms with E-state index in [0.29, 0.717) is 40.9 Å². The van der Waals surface area contributed by atoms with E-state index in [2.05, 4.69) is 4.98 Å². The Bertz CT molecular complexity index is 1570. The molecule has 0 atom stereocenters. The molecule has 0 aliphatic heterocycles. The maximum absolute atomic E-state index is 13.3. The molecule has 1 heterocycles. The Labute approximate surface area is 233 Å². The number of ether oxygens (including phenoxy) is 3. The van der Waals surface area contributed by atoms with Gasteiger partial charge in [0.15, 0.2) is 0 Å². The van der Waals surface area contributed by atoms with Crippen molar-refractivity contribution in [3.05, 3.63) is 101 Å². The quantitative estimate of drug-likeness (QED) is 0.147. The lowest BCUT2D eigenvalue weighted by molar-refractivity contribution is -0.141. The zero-order valence-electron chi connectivity index (χ0n) is 22.3. The first-order chi connectivity index (χ1) is 19.6. The van der Waals surface area contributed by atoms with Crippen LogP contribution < -0.4 is 14.2 Å². The molecule has 0 aliphatic rings. The number of fused-ring (bicyclic) bond motifs is 1. The van der Waals surface area contributed by atoms with Gasteiger partial charge in [-0.25, -0.2) is 14.2 Å². The van der Waals surface area contributed by atoms with Crippen LogP contribution in [0, 0.1) is 5.82 Å². The third kappa shape index (κ3) is 7.53. The van der Waals surface area contributed by atoms with Crippen LogP contribution in [0.1, 0.15) is 42.1 Å². The zero-order valence-corrected chi connectivity index (χ0v) is 22.3. The summed E-state index contributed by atoms with van der Waals surface area (Å²) in [5.74, 6) is -0.536. The monoisotopic (exact) mass is 569 g/mol. The molecule has 6 nitrogen and oxygen atoms in total. The van der Waals surface area contributed by atoms with Crippen LogP contribution in [-0.2, 0) is 24.2 Å². The summed E-state index contributed by atoms with van der Waals surface area (Å²) in [6.07, 6.45) is -2.10. The Kier molecular flexibility index (Phi) is 9.11. The summed E-state index contributed by atoms with van der Waals surface area (Å²) >= 11 is 0. The predicted molar refractivity (Wildman–Crippen MR) is 145 cm³/mol. The molecule has 0 bridgehead atoms. The number of carbonyl (C=O) groups is 1. The van der Waals surface area contributed by atoms with E-state index in [-0.39, 0.29) is 35.9 Å². The van der Waals surface area contributed by atoms with E-state index in [1.807, 2.05) is 6.92 Å². The Balaban J connectivity index is 1.59. The number of aromatic nitrogens is 1. The summed E-state index contributed by atoms with van der Waals surface area (Å²) in [6, 6.07) is 16.4. The molecule has 10 heteroatoms. The molecular formula is C31H27F4NO5. The summed E-state index contributed by atoms with van der Waals surface area (Å²) in [7, 11) is 1.29. The highest BCUT2D eigenvalue weighted by Gasteiger charge is 2.33. The van der Waals surface area contributed by atoms with Gasteiger partial charge < -0.3 is 19.3 Å². The molecule has 0 saturated heterocycles. The van der Waals surface area contributed by atoms with Gasteiger partial charge in [0, 0.05) is 22.6 Å². The van der Waals surface area contributed by atoms with Crippen molar-refractivity contribution in [2.75, 3.05) is 7.11 Å². The van der Waals surface area contributed by atoms with E-state index in [1.54, 1.807) is 42.5 Å². The Hall–Kier alpha value is -4.60. The summed E-state index contributed by atoms with van der Waals surface area (Å²) < 4.78 is 69.9. The van der Waals surface area contributed by atoms with Gasteiger partial charge in [-0.2, -0.15) is 13.2 Å². The Morgan fingerprint density at radius 3 is 2.29 bits per heavy atom. The summed E-state index contributed by atoms with van der Waals surface area (Å²) in [5.41, 5.74) is 1.16. The fourth-order valence-corrected chi connectivity index (χ4v) is 4.11. The van der Waals surface area contributed by atoms with Crippen molar-refractivity contribution >= 4 is 22.9 Å². The average Bonchev–Trinajstić information content (AvgIpc) is 2.94. The highest BCUT2D eigenvalue weighted by Crippen LogP contribution is 2.35. The number of hydrogen-bond acceptors (Lipinski definition) is 5. The minimum absolute atomic E-state index is 0.0383. The SMILES string of the molecule is CCC/C(=C\c1cc(OCc2ccc3nc(C(F)(F)F)cc(OC)c3c2)ccc1OCc1ccc(F)cc1)C(=O)O. The molecule has 4 rings (SSSR count). The standard InChI is InChI=1S/C31H27F4NO5/c1-3-4-21(30(37)38)14-22-15-24(10-12-27(22)41-17-19-5-8-23(32)9-6-19)40-18-20-7-11-26-25(13-20)28(39-2)16-29(36-26)31(33,34)35/h5-16H,3-4,17-18H2,1-2H3,(H,37,38)/b21-14+. The molecule has 214 valence electrons. The van der Waals surface area contributed by atoms with Gasteiger partial charge in [-0.05, 0) is 66.1 Å². The van der Waals surface area contributed by atoms with Crippen LogP contribution in [0.2, 0.25) is 0 Å². The van der Waals surface area contributed by atoms with Gasteiger partial charge in [0.2, 0.25) is 0 Å². The van der Waals surface area contributed by atoms with Crippen molar-refractivity contribution in [1.82, 2.24) is 4.98 Å². The van der Waals surface area contributed by atoms with Crippen LogP contribution in [-0.4, -0.2) is 23.2 Å². The first kappa shape index (κ1) is 29.4. The van der Waals surface area contributed by atoms with Gasteiger partial charge in [0.25, 0.3) is 0 Å². The van der Waals surface area contributed by atoms with Crippen LogP contribution in [0.25, 0.3) is 17.0 Å². The minimum Gasteiger partial charge on any atom is -0.496 e. The fourth-order valence-electron chi connectivity index (χ4n) is 4.11. The molecule has 0 amide bonds. The number of pyridine rings is 1. The number of carboxylic acids is 1. The van der Waals surface area contributed by atoms with Crippen LogP contribution in [0.15, 0.2) is 72.3 Å². The number of alkyl halides is 3. The van der Waals surface area contributed by atoms with Gasteiger partial charge in [0.1, 0.15) is 42.0 Å². The molecule has 4 aromatic rings. The number of nitrogens with zero attached hydrogens (tertiary/aromatic N) is 1. The maximum Gasteiger partial charge on any atom is 0.433 e. The smallest absolute Gasteiger partial charge is 0.433 e. The topological polar surface area (TPSA) is 77.9 Å². The molecule has 3 aromatic carbocycles. The second-order valence-electron chi connectivity index (χ2n) is 9.19. The summed E-state index contributed by atoms with van der Waals surface area (Å²) in [4.78, 5) is 15.5. The third-order valence-corrected chi connectivity index (χ3v) is 6.16. The van der Waals surface area contributed by atoms with Gasteiger partial charge in [-0.1, -0.05) is 31.5 Å². The molecule has 41 heavy (non-hydrogen) atoms. The van der Waals surface area contributed by atoms with Crippen molar-refractivity contribution in [3.8, 4) is 17.2 Å². The maximum atomic E-state index is 13.3. The van der Waals surface area contributed by atoms with E-state index >= 15 is 0 Å². The molecular weight excluding hydrogens is 542 g/mol. The normalized spacial score (nSPS) is 11.9. The summed E-state index contributed by atoms with van der Waals surface area (Å²) in [6.45, 7) is 2.08. The molecule has 0 radical (unpaired) electrons. The first-order valence-electron chi connectivity index (χ1n) is 12.7. The molecule has 0 saturated carbocycles. The number of methoxy groups -OCH3 is 1. The van der Waals surface area contributed by atoms with Crippen molar-refractivity contribution in [2.45, 2.75) is 39.2 Å². The van der Waals surface area contributed by atoms with E-state index in [4.69, 9.17) is 14.2 Å². The Morgan fingerprint density at radius 1 is 0.927 bits per heavy atom. The lowest BCUT2D eigenvalue weighted by Gasteiger charge is -2.14. The van der Waals surface area contributed by atoms with E-state index in [1.165, 1.54) is 31.4 Å². The zero-order chi connectivity index (χ0) is 29.6. The van der Waals surface area contributed by atoms with Gasteiger partial charge in [-0.15, -0.1) is 0 Å². The third-order valence-electron chi connectivity index (χ3n) is 6.16. The van der Waals surface area contributed by atoms with Crippen LogP contribution >= 0.6 is 0 Å². The van der Waals surface area contributed by atoms with Gasteiger partial charge >= 0.3 is 12.1 Å². The number of hydrogen-bond donors (Lipinski definition) is 1. The number of benzene rings is 3. The number of carboxylic acid groups (broad SMARTS) is 1. The second-order valence-corrected chi connectivity index (χ2v) is 9.19. The lowest BCUT2D eigenvalue weighted by Crippen LogP contribution is -2.08. The first-order valence-corrected chi connectivity index (χ1v) is 12.7. The van der Waals surface area contributed by atoms with E-state index in [0.717, 1.165) is 11.6 Å². The van der Waals surface area contributed by atoms with Crippen molar-refractivity contribution in [3.63, 3.8) is 0 Å². The molecule has 1 aromatic heterocycles. The van der Waals surface area contributed by atoms with Gasteiger partial charge in [0.05, 0.1) is 12.6 Å². The number of aliphatic carboxylic acids is 1. The largest absolute Gasteiger partial charge is 0.496 e. The van der Waals surface area contributed by atoms with Crippen molar-refractivity contribution in [1.29, 1.82) is 0 Å².